The summed E-state index contributed by atoms with van der Waals surface area (Å²) in [5.41, 5.74) is 3.64. The van der Waals surface area contributed by atoms with E-state index in [0.717, 1.165) is 26.9 Å². The summed E-state index contributed by atoms with van der Waals surface area (Å²) < 4.78 is 7.34. The molecule has 1 fully saturated rings. The van der Waals surface area contributed by atoms with Crippen LogP contribution in [0.25, 0.3) is 28.0 Å². The molecule has 6 nitrogen and oxygen atoms in total. The highest BCUT2D eigenvalue weighted by Crippen LogP contribution is 2.31. The van der Waals surface area contributed by atoms with Crippen LogP contribution in [0.1, 0.15) is 10.4 Å². The summed E-state index contributed by atoms with van der Waals surface area (Å²) in [4.78, 5) is 25.2. The SMILES string of the molecule is CSc1cn(-c2ncc(-c3ccccc3)cn2)c2cc(C(=O)N3CCOCC3)ccc12. The number of amides is 1. The fourth-order valence-corrected chi connectivity index (χ4v) is 4.43. The molecule has 2 aromatic heterocycles. The minimum absolute atomic E-state index is 0.0315. The van der Waals surface area contributed by atoms with Crippen LogP contribution in [-0.4, -0.2) is 57.9 Å². The molecule has 0 aliphatic carbocycles. The van der Waals surface area contributed by atoms with E-state index < -0.39 is 0 Å². The Morgan fingerprint density at radius 3 is 2.45 bits per heavy atom. The van der Waals surface area contributed by atoms with Crippen LogP contribution in [0, 0.1) is 0 Å². The predicted molar refractivity (Wildman–Crippen MR) is 123 cm³/mol. The van der Waals surface area contributed by atoms with Gasteiger partial charge in [-0.1, -0.05) is 36.4 Å². The molecule has 31 heavy (non-hydrogen) atoms. The lowest BCUT2D eigenvalue weighted by molar-refractivity contribution is 0.0303. The lowest BCUT2D eigenvalue weighted by Gasteiger charge is -2.26. The van der Waals surface area contributed by atoms with Crippen molar-refractivity contribution in [3.8, 4) is 17.1 Å². The highest BCUT2D eigenvalue weighted by molar-refractivity contribution is 7.98. The third-order valence-electron chi connectivity index (χ3n) is 5.50. The molecule has 5 rings (SSSR count). The summed E-state index contributed by atoms with van der Waals surface area (Å²) in [5.74, 6) is 0.616. The topological polar surface area (TPSA) is 60.2 Å². The summed E-state index contributed by atoms with van der Waals surface area (Å²) >= 11 is 1.67. The van der Waals surface area contributed by atoms with Crippen molar-refractivity contribution in [3.63, 3.8) is 0 Å². The number of thioether (sulfide) groups is 1. The van der Waals surface area contributed by atoms with E-state index in [4.69, 9.17) is 4.74 Å². The first kappa shape index (κ1) is 19.8. The summed E-state index contributed by atoms with van der Waals surface area (Å²) in [6, 6.07) is 15.9. The molecular weight excluding hydrogens is 408 g/mol. The van der Waals surface area contributed by atoms with E-state index in [1.807, 2.05) is 82.8 Å². The van der Waals surface area contributed by atoms with E-state index in [1.165, 1.54) is 0 Å². The molecule has 4 aromatic rings. The molecule has 0 atom stereocenters. The number of carbonyl (C=O) groups excluding carboxylic acids is 1. The van der Waals surface area contributed by atoms with E-state index in [9.17, 15) is 4.79 Å². The summed E-state index contributed by atoms with van der Waals surface area (Å²) in [6.45, 7) is 2.42. The van der Waals surface area contributed by atoms with Gasteiger partial charge in [-0.25, -0.2) is 9.97 Å². The number of ether oxygens (including phenoxy) is 1. The Bertz CT molecular complexity index is 1220. The Balaban J connectivity index is 1.54. The second kappa shape index (κ2) is 8.53. The minimum atomic E-state index is 0.0315. The lowest BCUT2D eigenvalue weighted by Crippen LogP contribution is -2.40. The molecule has 0 N–H and O–H groups in total. The number of hydrogen-bond acceptors (Lipinski definition) is 5. The first-order valence-corrected chi connectivity index (χ1v) is 11.4. The highest BCUT2D eigenvalue weighted by Gasteiger charge is 2.20. The normalized spacial score (nSPS) is 14.2. The van der Waals surface area contributed by atoms with Gasteiger partial charge >= 0.3 is 0 Å². The van der Waals surface area contributed by atoms with Gasteiger partial charge in [0.05, 0.1) is 18.7 Å². The van der Waals surface area contributed by atoms with Gasteiger partial charge in [-0.2, -0.15) is 0 Å². The van der Waals surface area contributed by atoms with E-state index in [-0.39, 0.29) is 5.91 Å². The second-order valence-corrected chi connectivity index (χ2v) is 8.19. The standard InChI is InChI=1S/C24H22N4O2S/c1-31-22-16-28(24-25-14-19(15-26-24)17-5-3-2-4-6-17)21-13-18(7-8-20(21)22)23(29)27-9-11-30-12-10-27/h2-8,13-16H,9-12H2,1H3. The fourth-order valence-electron chi connectivity index (χ4n) is 3.83. The molecule has 1 saturated heterocycles. The van der Waals surface area contributed by atoms with E-state index >= 15 is 0 Å². The maximum atomic E-state index is 13.0. The molecule has 2 aromatic carbocycles. The van der Waals surface area contributed by atoms with Crippen LogP contribution < -0.4 is 0 Å². The van der Waals surface area contributed by atoms with E-state index in [1.54, 1.807) is 11.8 Å². The zero-order chi connectivity index (χ0) is 21.2. The minimum Gasteiger partial charge on any atom is -0.378 e. The highest BCUT2D eigenvalue weighted by atomic mass is 32.2. The fraction of sp³-hybridized carbons (Fsp3) is 0.208. The number of fused-ring (bicyclic) bond motifs is 1. The lowest BCUT2D eigenvalue weighted by atomic mass is 10.1. The van der Waals surface area contributed by atoms with Crippen molar-refractivity contribution >= 4 is 28.6 Å². The first-order valence-electron chi connectivity index (χ1n) is 10.2. The number of benzene rings is 2. The molecule has 0 spiro atoms. The van der Waals surface area contributed by atoms with Crippen molar-refractivity contribution in [2.24, 2.45) is 0 Å². The van der Waals surface area contributed by atoms with Gasteiger partial charge in [-0.15, -0.1) is 11.8 Å². The molecular formula is C24H22N4O2S. The summed E-state index contributed by atoms with van der Waals surface area (Å²) in [7, 11) is 0. The quantitative estimate of drug-likeness (QED) is 0.452. The van der Waals surface area contributed by atoms with Crippen LogP contribution in [0.2, 0.25) is 0 Å². The van der Waals surface area contributed by atoms with Crippen molar-refractivity contribution in [1.82, 2.24) is 19.4 Å². The van der Waals surface area contributed by atoms with Crippen molar-refractivity contribution in [2.45, 2.75) is 4.90 Å². The molecule has 156 valence electrons. The maximum Gasteiger partial charge on any atom is 0.254 e. The number of carbonyl (C=O) groups is 1. The maximum absolute atomic E-state index is 13.0. The zero-order valence-corrected chi connectivity index (χ0v) is 18.0. The van der Waals surface area contributed by atoms with Crippen molar-refractivity contribution in [2.75, 3.05) is 32.6 Å². The summed E-state index contributed by atoms with van der Waals surface area (Å²) in [6.07, 6.45) is 7.76. The van der Waals surface area contributed by atoms with Crippen LogP contribution in [0.5, 0.6) is 0 Å². The number of morpholine rings is 1. The van der Waals surface area contributed by atoms with Gasteiger partial charge in [-0.05, 0) is 24.0 Å². The van der Waals surface area contributed by atoms with Gasteiger partial charge in [0.15, 0.2) is 0 Å². The van der Waals surface area contributed by atoms with Crippen LogP contribution >= 0.6 is 11.8 Å². The third-order valence-corrected chi connectivity index (χ3v) is 6.26. The Kier molecular flexibility index (Phi) is 5.44. The second-order valence-electron chi connectivity index (χ2n) is 7.34. The average molecular weight is 431 g/mol. The molecule has 3 heterocycles. The number of aromatic nitrogens is 3. The zero-order valence-electron chi connectivity index (χ0n) is 17.2. The van der Waals surface area contributed by atoms with Crippen LogP contribution in [0.4, 0.5) is 0 Å². The van der Waals surface area contributed by atoms with Crippen LogP contribution in [0.3, 0.4) is 0 Å². The third kappa shape index (κ3) is 3.82. The van der Waals surface area contributed by atoms with E-state index in [0.29, 0.717) is 37.8 Å². The van der Waals surface area contributed by atoms with Gasteiger partial charge in [0.25, 0.3) is 5.91 Å². The predicted octanol–water partition coefficient (Wildman–Crippen LogP) is 4.28. The Labute approximate surface area is 184 Å². The molecule has 7 heteroatoms. The summed E-state index contributed by atoms with van der Waals surface area (Å²) in [5, 5.41) is 1.08. The smallest absolute Gasteiger partial charge is 0.254 e. The monoisotopic (exact) mass is 430 g/mol. The Morgan fingerprint density at radius 2 is 1.74 bits per heavy atom. The van der Waals surface area contributed by atoms with Crippen molar-refractivity contribution in [1.29, 1.82) is 0 Å². The largest absolute Gasteiger partial charge is 0.378 e. The van der Waals surface area contributed by atoms with Gasteiger partial charge in [0, 0.05) is 53.1 Å². The van der Waals surface area contributed by atoms with Crippen molar-refractivity contribution < 1.29 is 9.53 Å². The molecule has 0 saturated carbocycles. The van der Waals surface area contributed by atoms with Gasteiger partial charge < -0.3 is 9.64 Å². The number of nitrogens with zero attached hydrogens (tertiary/aromatic N) is 4. The first-order chi connectivity index (χ1) is 15.2. The molecule has 0 bridgehead atoms. The molecule has 0 radical (unpaired) electrons. The number of rotatable bonds is 4. The van der Waals surface area contributed by atoms with Gasteiger partial charge in [0.2, 0.25) is 5.95 Å². The molecule has 1 aliphatic heterocycles. The van der Waals surface area contributed by atoms with Crippen LogP contribution in [0.15, 0.2) is 72.0 Å². The molecule has 0 unspecified atom stereocenters. The van der Waals surface area contributed by atoms with Gasteiger partial charge in [-0.3, -0.25) is 9.36 Å². The Hall–Kier alpha value is -3.16. The Morgan fingerprint density at radius 1 is 1.00 bits per heavy atom. The van der Waals surface area contributed by atoms with Crippen LogP contribution in [-0.2, 0) is 4.74 Å². The van der Waals surface area contributed by atoms with Gasteiger partial charge in [0.1, 0.15) is 0 Å². The van der Waals surface area contributed by atoms with Crippen molar-refractivity contribution in [3.05, 3.63) is 72.7 Å². The average Bonchev–Trinajstić information content (AvgIpc) is 3.23. The molecule has 1 aliphatic rings. The molecule has 1 amide bonds. The number of hydrogen-bond donors (Lipinski definition) is 0. The van der Waals surface area contributed by atoms with E-state index in [2.05, 4.69) is 9.97 Å².